The zero-order valence-electron chi connectivity index (χ0n) is 28.2. The summed E-state index contributed by atoms with van der Waals surface area (Å²) in [5.74, 6) is -1.73. The smallest absolute Gasteiger partial charge is 0.242 e. The number of fused-ring (bicyclic) bond motifs is 1. The quantitative estimate of drug-likeness (QED) is 0.131. The molecule has 1 fully saturated rings. The molecular weight excluding hydrogens is 637 g/mol. The van der Waals surface area contributed by atoms with Crippen molar-refractivity contribution in [2.75, 3.05) is 9.80 Å². The van der Waals surface area contributed by atoms with Gasteiger partial charge in [-0.3, -0.25) is 9.59 Å². The highest BCUT2D eigenvalue weighted by molar-refractivity contribution is 6.30. The average Bonchev–Trinajstić information content (AvgIpc) is 3.47. The fourth-order valence-corrected chi connectivity index (χ4v) is 8.44. The molecule has 52 heavy (non-hydrogen) atoms. The molecule has 246 valence electrons. The van der Waals surface area contributed by atoms with E-state index in [1.165, 1.54) is 26.4 Å². The normalized spacial score (nSPS) is 17.1. The Morgan fingerprint density at radius 3 is 1.56 bits per heavy atom. The van der Waals surface area contributed by atoms with E-state index in [1.54, 1.807) is 0 Å². The zero-order valence-corrected chi connectivity index (χ0v) is 28.2. The van der Waals surface area contributed by atoms with E-state index in [2.05, 4.69) is 120 Å². The fraction of sp³-hybridized carbons (Fsp3) is 0.0417. The first kappa shape index (κ1) is 30.1. The molecule has 4 heteroatoms. The van der Waals surface area contributed by atoms with E-state index in [-0.39, 0.29) is 11.8 Å². The molecular formula is C48H32N2O2. The number of carbonyl (C=O) groups excluding carboxylic acids is 2. The van der Waals surface area contributed by atoms with Crippen LogP contribution in [0.3, 0.4) is 0 Å². The Kier molecular flexibility index (Phi) is 6.90. The van der Waals surface area contributed by atoms with Crippen LogP contribution < -0.4 is 9.80 Å². The lowest BCUT2D eigenvalue weighted by atomic mass is 9.73. The lowest BCUT2D eigenvalue weighted by molar-refractivity contribution is -0.122. The molecule has 2 atom stereocenters. The van der Waals surface area contributed by atoms with E-state index in [0.717, 1.165) is 50.1 Å². The Balaban J connectivity index is 1.13. The van der Waals surface area contributed by atoms with Gasteiger partial charge in [0.2, 0.25) is 11.8 Å². The minimum atomic E-state index is -0.670. The van der Waals surface area contributed by atoms with Crippen molar-refractivity contribution in [3.63, 3.8) is 0 Å². The number of imide groups is 1. The summed E-state index contributed by atoms with van der Waals surface area (Å²) in [5.41, 5.74) is 7.32. The summed E-state index contributed by atoms with van der Waals surface area (Å²) in [6.45, 7) is 0. The third-order valence-electron chi connectivity index (χ3n) is 10.8. The second-order valence-electron chi connectivity index (χ2n) is 13.6. The minimum Gasteiger partial charge on any atom is -0.311 e. The second kappa shape index (κ2) is 11.9. The first-order chi connectivity index (χ1) is 25.7. The van der Waals surface area contributed by atoms with E-state index in [0.29, 0.717) is 5.69 Å². The van der Waals surface area contributed by atoms with Crippen molar-refractivity contribution >= 4 is 78.0 Å². The van der Waals surface area contributed by atoms with Gasteiger partial charge in [-0.1, -0.05) is 133 Å². The van der Waals surface area contributed by atoms with Crippen molar-refractivity contribution in [2.24, 2.45) is 11.8 Å². The molecule has 4 nitrogen and oxygen atoms in total. The summed E-state index contributed by atoms with van der Waals surface area (Å²) in [7, 11) is 0. The van der Waals surface area contributed by atoms with E-state index in [4.69, 9.17) is 0 Å². The van der Waals surface area contributed by atoms with Crippen LogP contribution in [-0.4, -0.2) is 11.8 Å². The van der Waals surface area contributed by atoms with Crippen molar-refractivity contribution in [1.82, 2.24) is 0 Å². The highest BCUT2D eigenvalue weighted by Crippen LogP contribution is 2.50. The van der Waals surface area contributed by atoms with Crippen molar-refractivity contribution in [3.05, 3.63) is 193 Å². The summed E-state index contributed by atoms with van der Waals surface area (Å²) >= 11 is 0. The highest BCUT2D eigenvalue weighted by atomic mass is 16.2. The van der Waals surface area contributed by atoms with Crippen LogP contribution in [0.15, 0.2) is 182 Å². The molecule has 8 aromatic rings. The Bertz CT molecular complexity index is 2660. The van der Waals surface area contributed by atoms with Gasteiger partial charge in [0.05, 0.1) is 17.5 Å². The number of anilines is 4. The Morgan fingerprint density at radius 2 is 0.923 bits per heavy atom. The van der Waals surface area contributed by atoms with Crippen LogP contribution in [0.1, 0.15) is 11.1 Å². The van der Waals surface area contributed by atoms with Gasteiger partial charge in [-0.25, -0.2) is 4.90 Å². The SMILES string of the molecule is O=C1C2C(c3ccc(N(c4ccccc4)c4ccccc4)cc3)=CC=C(c3ccc4ccc5cccc6ccc3c4c56)C2C(=O)N1c1ccccc1. The van der Waals surface area contributed by atoms with Crippen molar-refractivity contribution < 1.29 is 9.59 Å². The number of para-hydroxylation sites is 3. The van der Waals surface area contributed by atoms with Crippen molar-refractivity contribution in [2.45, 2.75) is 0 Å². The molecule has 0 aromatic heterocycles. The maximum Gasteiger partial charge on any atom is 0.242 e. The van der Waals surface area contributed by atoms with Gasteiger partial charge in [0.1, 0.15) is 0 Å². The molecule has 0 spiro atoms. The van der Waals surface area contributed by atoms with Gasteiger partial charge >= 0.3 is 0 Å². The van der Waals surface area contributed by atoms with Gasteiger partial charge in [-0.15, -0.1) is 0 Å². The van der Waals surface area contributed by atoms with E-state index >= 15 is 0 Å². The first-order valence-electron chi connectivity index (χ1n) is 17.7. The number of nitrogens with zero attached hydrogens (tertiary/aromatic N) is 2. The van der Waals surface area contributed by atoms with Crippen LogP contribution in [0.4, 0.5) is 22.7 Å². The number of carbonyl (C=O) groups is 2. The van der Waals surface area contributed by atoms with Gasteiger partial charge in [0.25, 0.3) is 0 Å². The van der Waals surface area contributed by atoms with Crippen LogP contribution in [-0.2, 0) is 9.59 Å². The number of amides is 2. The molecule has 2 aliphatic rings. The molecule has 1 aliphatic carbocycles. The summed E-state index contributed by atoms with van der Waals surface area (Å²) in [4.78, 5) is 32.9. The van der Waals surface area contributed by atoms with Gasteiger partial charge < -0.3 is 4.90 Å². The number of rotatable bonds is 6. The third kappa shape index (κ3) is 4.61. The molecule has 1 heterocycles. The zero-order chi connectivity index (χ0) is 34.8. The van der Waals surface area contributed by atoms with Crippen LogP contribution in [0.5, 0.6) is 0 Å². The number of benzene rings is 8. The van der Waals surface area contributed by atoms with Crippen LogP contribution in [0.25, 0.3) is 43.5 Å². The molecule has 1 saturated heterocycles. The standard InChI is InChI=1S/C48H32N2O2/c51-47-45-39(31-21-25-38(26-22-31)49(35-13-4-1-5-14-35)36-15-6-2-7-16-36)29-30-42(46(45)48(52)50(47)37-17-8-3-9-18-37)40-27-23-34-20-19-32-11-10-12-33-24-28-41(40)44(34)43(32)33/h1-30,45-46H. The molecule has 0 N–H and O–H groups in total. The summed E-state index contributed by atoms with van der Waals surface area (Å²) in [5, 5.41) is 7.04. The summed E-state index contributed by atoms with van der Waals surface area (Å²) in [6, 6.07) is 57.6. The topological polar surface area (TPSA) is 40.6 Å². The van der Waals surface area contributed by atoms with Crippen LogP contribution in [0.2, 0.25) is 0 Å². The van der Waals surface area contributed by atoms with Crippen molar-refractivity contribution in [3.8, 4) is 0 Å². The molecule has 10 rings (SSSR count). The van der Waals surface area contributed by atoms with Crippen LogP contribution >= 0.6 is 0 Å². The molecule has 0 bridgehead atoms. The maximum atomic E-state index is 14.7. The Morgan fingerprint density at radius 1 is 0.423 bits per heavy atom. The molecule has 2 unspecified atom stereocenters. The summed E-state index contributed by atoms with van der Waals surface area (Å²) < 4.78 is 0. The predicted molar refractivity (Wildman–Crippen MR) is 213 cm³/mol. The third-order valence-corrected chi connectivity index (χ3v) is 10.8. The van der Waals surface area contributed by atoms with E-state index in [1.807, 2.05) is 66.7 Å². The number of hydrogen-bond donors (Lipinski definition) is 0. The van der Waals surface area contributed by atoms with Crippen molar-refractivity contribution in [1.29, 1.82) is 0 Å². The number of allylic oxidation sites excluding steroid dienone is 2. The number of hydrogen-bond acceptors (Lipinski definition) is 3. The molecule has 2 amide bonds. The van der Waals surface area contributed by atoms with Gasteiger partial charge in [0, 0.05) is 17.1 Å². The van der Waals surface area contributed by atoms with Gasteiger partial charge in [-0.2, -0.15) is 0 Å². The Hall–Kier alpha value is -6.78. The molecule has 0 radical (unpaired) electrons. The first-order valence-corrected chi connectivity index (χ1v) is 17.7. The highest BCUT2D eigenvalue weighted by Gasteiger charge is 2.52. The predicted octanol–water partition coefficient (Wildman–Crippen LogP) is 11.3. The summed E-state index contributed by atoms with van der Waals surface area (Å²) in [6.07, 6.45) is 4.14. The average molecular weight is 669 g/mol. The van der Waals surface area contributed by atoms with Gasteiger partial charge in [-0.05, 0) is 103 Å². The maximum absolute atomic E-state index is 14.7. The molecule has 8 aromatic carbocycles. The lowest BCUT2D eigenvalue weighted by Crippen LogP contribution is -2.31. The van der Waals surface area contributed by atoms with E-state index < -0.39 is 11.8 Å². The van der Waals surface area contributed by atoms with E-state index in [9.17, 15) is 9.59 Å². The monoisotopic (exact) mass is 668 g/mol. The van der Waals surface area contributed by atoms with Crippen LogP contribution in [0, 0.1) is 11.8 Å². The second-order valence-corrected chi connectivity index (χ2v) is 13.6. The lowest BCUT2D eigenvalue weighted by Gasteiger charge is -2.28. The minimum absolute atomic E-state index is 0.195. The fourth-order valence-electron chi connectivity index (χ4n) is 8.44. The Labute approximate surface area is 301 Å². The molecule has 0 saturated carbocycles. The largest absolute Gasteiger partial charge is 0.311 e. The van der Waals surface area contributed by atoms with Gasteiger partial charge in [0.15, 0.2) is 0 Å². The molecule has 1 aliphatic heterocycles.